The van der Waals surface area contributed by atoms with Crippen molar-refractivity contribution in [1.29, 1.82) is 0 Å². The lowest BCUT2D eigenvalue weighted by atomic mass is 9.96. The van der Waals surface area contributed by atoms with E-state index in [-0.39, 0.29) is 11.8 Å². The highest BCUT2D eigenvalue weighted by Crippen LogP contribution is 2.18. The number of rotatable bonds is 6. The Kier molecular flexibility index (Phi) is 9.68. The smallest absolute Gasteiger partial charge is 0.313 e. The van der Waals surface area contributed by atoms with Gasteiger partial charge < -0.3 is 5.32 Å². The molecule has 4 N–H and O–H groups in total. The molecular weight excluding hydrogens is 356 g/mol. The van der Waals surface area contributed by atoms with Crippen LogP contribution in [-0.2, 0) is 20.4 Å². The van der Waals surface area contributed by atoms with Gasteiger partial charge in [-0.1, -0.05) is 38.5 Å². The Morgan fingerprint density at radius 1 is 0.750 bits per heavy atom. The lowest BCUT2D eigenvalue weighted by molar-refractivity contribution is 0.378. The molecule has 0 bridgehead atoms. The van der Waals surface area contributed by atoms with Crippen LogP contribution in [0.15, 0.2) is 0 Å². The lowest BCUT2D eigenvalue weighted by Crippen LogP contribution is -2.35. The Hall–Kier alpha value is -0.260. The van der Waals surface area contributed by atoms with Crippen molar-refractivity contribution in [2.45, 2.75) is 76.3 Å². The van der Waals surface area contributed by atoms with Crippen molar-refractivity contribution >= 4 is 20.4 Å². The third kappa shape index (κ3) is 12.2. The van der Waals surface area contributed by atoms with Crippen LogP contribution in [0, 0.1) is 0 Å². The topological polar surface area (TPSA) is 133 Å². The fraction of sp³-hybridized carbons (Fsp3) is 1.00. The summed E-state index contributed by atoms with van der Waals surface area (Å²) >= 11 is 0. The molecule has 0 atom stereocenters. The van der Waals surface area contributed by atoms with Crippen molar-refractivity contribution in [1.82, 2.24) is 10.0 Å². The maximum atomic E-state index is 10.4. The molecule has 2 aliphatic rings. The van der Waals surface area contributed by atoms with Crippen LogP contribution in [0.5, 0.6) is 0 Å². The van der Waals surface area contributed by atoms with Gasteiger partial charge in [0.25, 0.3) is 10.1 Å². The molecule has 2 saturated carbocycles. The maximum Gasteiger partial charge on any atom is 0.333 e. The van der Waals surface area contributed by atoms with Crippen molar-refractivity contribution in [3.8, 4) is 0 Å². The molecular formula is C14H30N2O6S2. The predicted octanol–water partition coefficient (Wildman–Crippen LogP) is 1.51. The summed E-state index contributed by atoms with van der Waals surface area (Å²) in [5.41, 5.74) is 0. The summed E-state index contributed by atoms with van der Waals surface area (Å²) in [6.07, 6.45) is 11.0. The molecule has 0 spiro atoms. The molecule has 0 aromatic rings. The molecule has 0 radical (unpaired) electrons. The van der Waals surface area contributed by atoms with E-state index in [0.29, 0.717) is 12.6 Å². The number of hydrogen-bond donors (Lipinski definition) is 4. The van der Waals surface area contributed by atoms with E-state index in [2.05, 4.69) is 10.0 Å². The maximum absolute atomic E-state index is 10.4. The van der Waals surface area contributed by atoms with Crippen LogP contribution in [0.3, 0.4) is 0 Å². The molecule has 0 aromatic carbocycles. The van der Waals surface area contributed by atoms with Crippen LogP contribution >= 0.6 is 0 Å². The summed E-state index contributed by atoms with van der Waals surface area (Å²) in [7, 11) is -7.76. The van der Waals surface area contributed by atoms with E-state index >= 15 is 0 Å². The lowest BCUT2D eigenvalue weighted by Gasteiger charge is -2.22. The van der Waals surface area contributed by atoms with Gasteiger partial charge in [-0.3, -0.25) is 9.11 Å². The summed E-state index contributed by atoms with van der Waals surface area (Å²) < 4.78 is 60.6. The summed E-state index contributed by atoms with van der Waals surface area (Å²) in [5.74, 6) is -0.177. The summed E-state index contributed by atoms with van der Waals surface area (Å²) in [6, 6.07) is 0.411. The van der Waals surface area contributed by atoms with Gasteiger partial charge in [0, 0.05) is 18.6 Å². The molecule has 0 saturated heterocycles. The minimum Gasteiger partial charge on any atom is -0.313 e. The molecule has 2 fully saturated rings. The van der Waals surface area contributed by atoms with E-state index in [4.69, 9.17) is 9.11 Å². The first-order valence-corrected chi connectivity index (χ1v) is 11.6. The Morgan fingerprint density at radius 2 is 1.21 bits per heavy atom. The molecule has 144 valence electrons. The van der Waals surface area contributed by atoms with Gasteiger partial charge in [-0.25, -0.2) is 0 Å². The molecule has 2 aliphatic carbocycles. The molecule has 0 amide bonds. The fourth-order valence-corrected chi connectivity index (χ4v) is 4.16. The first-order chi connectivity index (χ1) is 11.2. The molecule has 0 aliphatic heterocycles. The highest BCUT2D eigenvalue weighted by atomic mass is 32.2. The van der Waals surface area contributed by atoms with Crippen LogP contribution in [-0.4, -0.2) is 50.3 Å². The normalized spacial score (nSPS) is 21.1. The highest BCUT2D eigenvalue weighted by Gasteiger charge is 2.17. The Morgan fingerprint density at radius 3 is 1.62 bits per heavy atom. The SMILES string of the molecule is O=S(=O)(O)CCNC1CCCCC1.O=S(=O)(O)NC1CCCCC1. The Bertz CT molecular complexity index is 538. The second-order valence-corrected chi connectivity index (χ2v) is 9.26. The van der Waals surface area contributed by atoms with Crippen molar-refractivity contribution in [2.75, 3.05) is 12.3 Å². The summed E-state index contributed by atoms with van der Waals surface area (Å²) in [5, 5.41) is 3.14. The molecule has 8 nitrogen and oxygen atoms in total. The van der Waals surface area contributed by atoms with Crippen LogP contribution in [0.1, 0.15) is 64.2 Å². The number of hydrogen-bond acceptors (Lipinski definition) is 5. The van der Waals surface area contributed by atoms with Crippen molar-refractivity contribution in [3.63, 3.8) is 0 Å². The third-order valence-electron chi connectivity index (χ3n) is 4.32. The first kappa shape index (κ1) is 21.8. The second kappa shape index (κ2) is 10.7. The van der Waals surface area contributed by atoms with E-state index in [1.807, 2.05) is 0 Å². The average Bonchev–Trinajstić information content (AvgIpc) is 2.47. The monoisotopic (exact) mass is 386 g/mol. The van der Waals surface area contributed by atoms with Crippen LogP contribution in [0.4, 0.5) is 0 Å². The quantitative estimate of drug-likeness (QED) is 0.508. The van der Waals surface area contributed by atoms with Crippen molar-refractivity contribution < 1.29 is 25.9 Å². The van der Waals surface area contributed by atoms with E-state index in [0.717, 1.165) is 38.5 Å². The van der Waals surface area contributed by atoms with Gasteiger partial charge in [0.1, 0.15) is 0 Å². The fourth-order valence-electron chi connectivity index (χ4n) is 3.13. The number of nitrogens with one attached hydrogen (secondary N) is 2. The van der Waals surface area contributed by atoms with Gasteiger partial charge in [0.05, 0.1) is 5.75 Å². The molecule has 24 heavy (non-hydrogen) atoms. The standard InChI is InChI=1S/C8H17NO3S.C6H13NO3S/c10-13(11,12)7-6-9-8-4-2-1-3-5-8;8-11(9,10)7-6-4-2-1-3-5-6/h8-9H,1-7H2,(H,10,11,12);6-7H,1-5H2,(H,8,9,10). The van der Waals surface area contributed by atoms with Gasteiger partial charge in [-0.2, -0.15) is 21.6 Å². The third-order valence-corrected chi connectivity index (χ3v) is 5.67. The van der Waals surface area contributed by atoms with Gasteiger partial charge in [-0.15, -0.1) is 0 Å². The zero-order valence-corrected chi connectivity index (χ0v) is 15.6. The Labute approximate surface area is 145 Å². The van der Waals surface area contributed by atoms with Gasteiger partial charge in [-0.05, 0) is 25.7 Å². The molecule has 0 unspecified atom stereocenters. The molecule has 0 aromatic heterocycles. The zero-order chi connectivity index (χ0) is 18.1. The summed E-state index contributed by atoms with van der Waals surface area (Å²) in [6.45, 7) is 0.365. The van der Waals surface area contributed by atoms with E-state index in [9.17, 15) is 16.8 Å². The van der Waals surface area contributed by atoms with Crippen molar-refractivity contribution in [3.05, 3.63) is 0 Å². The zero-order valence-electron chi connectivity index (χ0n) is 14.0. The average molecular weight is 387 g/mol. The van der Waals surface area contributed by atoms with Crippen LogP contribution in [0.25, 0.3) is 0 Å². The van der Waals surface area contributed by atoms with Crippen LogP contribution in [0.2, 0.25) is 0 Å². The van der Waals surface area contributed by atoms with E-state index in [1.54, 1.807) is 0 Å². The molecule has 0 heterocycles. The second-order valence-electron chi connectivity index (χ2n) is 6.50. The molecule has 2 rings (SSSR count). The van der Waals surface area contributed by atoms with Crippen LogP contribution < -0.4 is 10.0 Å². The van der Waals surface area contributed by atoms with E-state index in [1.165, 1.54) is 25.7 Å². The van der Waals surface area contributed by atoms with Crippen molar-refractivity contribution in [2.24, 2.45) is 0 Å². The molecule has 10 heteroatoms. The minimum absolute atomic E-state index is 0.0428. The van der Waals surface area contributed by atoms with Gasteiger partial charge in [0.15, 0.2) is 0 Å². The highest BCUT2D eigenvalue weighted by molar-refractivity contribution is 7.85. The summed E-state index contributed by atoms with van der Waals surface area (Å²) in [4.78, 5) is 0. The minimum atomic E-state index is -3.97. The largest absolute Gasteiger partial charge is 0.333 e. The van der Waals surface area contributed by atoms with Gasteiger partial charge in [0.2, 0.25) is 0 Å². The predicted molar refractivity (Wildman–Crippen MR) is 92.8 cm³/mol. The van der Waals surface area contributed by atoms with Gasteiger partial charge >= 0.3 is 10.3 Å². The first-order valence-electron chi connectivity index (χ1n) is 8.59. The Balaban J connectivity index is 0.000000243. The van der Waals surface area contributed by atoms with E-state index < -0.39 is 20.4 Å².